The zero-order chi connectivity index (χ0) is 25.4. The lowest BCUT2D eigenvalue weighted by atomic mass is 9.75. The molecule has 0 aliphatic carbocycles. The number of ether oxygens (including phenoxy) is 1. The minimum Gasteiger partial charge on any atom is -0.351 e. The van der Waals surface area contributed by atoms with Crippen molar-refractivity contribution in [3.8, 4) is 6.07 Å². The van der Waals surface area contributed by atoms with Crippen molar-refractivity contribution >= 4 is 31.6 Å². The van der Waals surface area contributed by atoms with Crippen LogP contribution in [0.1, 0.15) is 25.0 Å². The van der Waals surface area contributed by atoms with Crippen LogP contribution in [-0.4, -0.2) is 31.7 Å². The number of benzene rings is 2. The van der Waals surface area contributed by atoms with Gasteiger partial charge in [-0.15, -0.1) is 0 Å². The molecule has 8 nitrogen and oxygen atoms in total. The van der Waals surface area contributed by atoms with Crippen molar-refractivity contribution in [3.63, 3.8) is 0 Å². The zero-order valence-corrected chi connectivity index (χ0v) is 19.4. The summed E-state index contributed by atoms with van der Waals surface area (Å²) in [6.07, 6.45) is -5.16. The molecule has 178 valence electrons. The Balaban J connectivity index is 2.90. The van der Waals surface area contributed by atoms with Gasteiger partial charge < -0.3 is 4.74 Å². The maximum absolute atomic E-state index is 14.9. The molecule has 0 saturated carbocycles. The van der Waals surface area contributed by atoms with E-state index in [0.29, 0.717) is 6.92 Å². The van der Waals surface area contributed by atoms with Gasteiger partial charge in [0.2, 0.25) is 15.6 Å². The van der Waals surface area contributed by atoms with Crippen LogP contribution in [0.5, 0.6) is 0 Å². The lowest BCUT2D eigenvalue weighted by molar-refractivity contribution is -0.389. The highest BCUT2D eigenvalue weighted by Gasteiger charge is 2.55. The minimum absolute atomic E-state index is 0.272. The number of nitro benzene ring substituents is 1. The third-order valence-electron chi connectivity index (χ3n) is 5.01. The summed E-state index contributed by atoms with van der Waals surface area (Å²) < 4.78 is 84.2. The predicted octanol–water partition coefficient (Wildman–Crippen LogP) is 4.31. The summed E-state index contributed by atoms with van der Waals surface area (Å²) in [5.74, 6) is -0.967. The van der Waals surface area contributed by atoms with Crippen LogP contribution in [0.15, 0.2) is 45.8 Å². The van der Waals surface area contributed by atoms with Crippen molar-refractivity contribution in [3.05, 3.63) is 67.9 Å². The SMILES string of the molecule is C[C@](CO[C@](C)(C#N)C(F)(F)F)(c1cc(Br)ccc1F)c1cccc(S(N)(=O)=O)c1[N+](=O)[O-]. The molecule has 2 N–H and O–H groups in total. The largest absolute Gasteiger partial charge is 0.430 e. The molecule has 0 bridgehead atoms. The van der Waals surface area contributed by atoms with Gasteiger partial charge in [-0.25, -0.2) is 17.9 Å². The number of rotatable bonds is 7. The van der Waals surface area contributed by atoms with E-state index in [1.54, 1.807) is 0 Å². The molecular weight excluding hydrogens is 538 g/mol. The van der Waals surface area contributed by atoms with Gasteiger partial charge in [0.15, 0.2) is 4.90 Å². The molecule has 2 aromatic carbocycles. The molecule has 2 aromatic rings. The van der Waals surface area contributed by atoms with Gasteiger partial charge in [0.1, 0.15) is 11.9 Å². The predicted molar refractivity (Wildman–Crippen MR) is 111 cm³/mol. The Bertz CT molecular complexity index is 1250. The lowest BCUT2D eigenvalue weighted by Gasteiger charge is -2.34. The van der Waals surface area contributed by atoms with E-state index in [0.717, 1.165) is 43.3 Å². The molecule has 0 unspecified atom stereocenters. The Labute approximate surface area is 194 Å². The highest BCUT2D eigenvalue weighted by molar-refractivity contribution is 9.10. The number of halogens is 5. The Morgan fingerprint density at radius 1 is 1.21 bits per heavy atom. The second-order valence-corrected chi connectivity index (χ2v) is 9.79. The van der Waals surface area contributed by atoms with Crippen molar-refractivity contribution in [1.82, 2.24) is 0 Å². The van der Waals surface area contributed by atoms with Crippen molar-refractivity contribution < 1.29 is 35.6 Å². The first-order chi connectivity index (χ1) is 15.0. The fourth-order valence-electron chi connectivity index (χ4n) is 3.07. The van der Waals surface area contributed by atoms with Gasteiger partial charge in [-0.2, -0.15) is 18.4 Å². The summed E-state index contributed by atoms with van der Waals surface area (Å²) in [6, 6.07) is 7.35. The molecule has 0 amide bonds. The summed E-state index contributed by atoms with van der Waals surface area (Å²) in [5, 5.41) is 26.0. The van der Waals surface area contributed by atoms with Crippen LogP contribution < -0.4 is 5.14 Å². The average Bonchev–Trinajstić information content (AvgIpc) is 2.71. The van der Waals surface area contributed by atoms with E-state index in [4.69, 9.17) is 15.1 Å². The van der Waals surface area contributed by atoms with Gasteiger partial charge in [-0.1, -0.05) is 28.1 Å². The van der Waals surface area contributed by atoms with E-state index in [1.807, 2.05) is 0 Å². The Morgan fingerprint density at radius 3 is 2.30 bits per heavy atom. The second-order valence-electron chi connectivity index (χ2n) is 7.34. The first-order valence-corrected chi connectivity index (χ1v) is 11.2. The van der Waals surface area contributed by atoms with Gasteiger partial charge in [0.25, 0.3) is 5.69 Å². The minimum atomic E-state index is -5.16. The third kappa shape index (κ3) is 5.16. The van der Waals surface area contributed by atoms with Gasteiger partial charge in [0, 0.05) is 15.6 Å². The molecule has 0 aliphatic heterocycles. The quantitative estimate of drug-likeness (QED) is 0.308. The normalized spacial score (nSPS) is 15.8. The highest BCUT2D eigenvalue weighted by atomic mass is 79.9. The molecule has 0 radical (unpaired) electrons. The topological polar surface area (TPSA) is 136 Å². The first kappa shape index (κ1) is 26.7. The smallest absolute Gasteiger partial charge is 0.351 e. The third-order valence-corrected chi connectivity index (χ3v) is 6.44. The number of nitrogens with two attached hydrogens (primary N) is 1. The Hall–Kier alpha value is -2.60. The van der Waals surface area contributed by atoms with Crippen molar-refractivity contribution in [2.75, 3.05) is 6.61 Å². The molecule has 0 spiro atoms. The van der Waals surface area contributed by atoms with Crippen LogP contribution >= 0.6 is 15.9 Å². The number of nitriles is 1. The maximum Gasteiger partial charge on any atom is 0.430 e. The van der Waals surface area contributed by atoms with E-state index in [1.165, 1.54) is 6.07 Å². The van der Waals surface area contributed by atoms with Gasteiger partial charge >= 0.3 is 6.18 Å². The Kier molecular flexibility index (Phi) is 7.25. The lowest BCUT2D eigenvalue weighted by Crippen LogP contribution is -2.47. The van der Waals surface area contributed by atoms with Crippen molar-refractivity contribution in [2.24, 2.45) is 5.14 Å². The van der Waals surface area contributed by atoms with Crippen molar-refractivity contribution in [2.45, 2.75) is 35.9 Å². The first-order valence-electron chi connectivity index (χ1n) is 8.86. The fourth-order valence-corrected chi connectivity index (χ4v) is 4.16. The van der Waals surface area contributed by atoms with E-state index in [9.17, 15) is 36.1 Å². The Morgan fingerprint density at radius 2 is 1.82 bits per heavy atom. The van der Waals surface area contributed by atoms with Crippen LogP contribution in [0.4, 0.5) is 23.2 Å². The monoisotopic (exact) mass is 553 g/mol. The molecule has 2 rings (SSSR count). The van der Waals surface area contributed by atoms with Gasteiger partial charge in [0.05, 0.1) is 16.9 Å². The highest BCUT2D eigenvalue weighted by Crippen LogP contribution is 2.44. The van der Waals surface area contributed by atoms with Gasteiger partial charge in [-0.05, 0) is 38.1 Å². The molecule has 0 saturated heterocycles. The van der Waals surface area contributed by atoms with Crippen molar-refractivity contribution in [1.29, 1.82) is 5.26 Å². The molecule has 33 heavy (non-hydrogen) atoms. The number of nitrogens with zero attached hydrogens (tertiary/aromatic N) is 2. The van der Waals surface area contributed by atoms with E-state index < -0.39 is 60.7 Å². The molecule has 2 atom stereocenters. The number of para-hydroxylation sites is 1. The number of alkyl halides is 3. The number of hydrogen-bond donors (Lipinski definition) is 1. The molecule has 0 fully saturated rings. The van der Waals surface area contributed by atoms with Gasteiger partial charge in [-0.3, -0.25) is 10.1 Å². The van der Waals surface area contributed by atoms with Crippen LogP contribution in [0.3, 0.4) is 0 Å². The average molecular weight is 554 g/mol. The standard InChI is InChI=1S/C19H16BrF4N3O5S/c1-17(13-8-11(20)6-7-14(13)21,10-32-18(2,9-25)19(22,23)24)12-4-3-5-15(33(26,30)31)16(12)27(28)29/h3-8H,10H2,1-2H3,(H2,26,30,31)/t17-,18-/m1/s1. The van der Waals surface area contributed by atoms with Crippen LogP contribution in [-0.2, 0) is 20.2 Å². The van der Waals surface area contributed by atoms with E-state index in [2.05, 4.69) is 15.9 Å². The molecular formula is C19H16BrF4N3O5S. The second kappa shape index (κ2) is 8.98. The fraction of sp³-hybridized carbons (Fsp3) is 0.316. The molecule has 0 heterocycles. The van der Waals surface area contributed by atoms with Crippen LogP contribution in [0, 0.1) is 27.3 Å². The molecule has 0 aromatic heterocycles. The summed E-state index contributed by atoms with van der Waals surface area (Å²) in [7, 11) is -4.65. The summed E-state index contributed by atoms with van der Waals surface area (Å²) >= 11 is 3.10. The number of nitro groups is 1. The summed E-state index contributed by atoms with van der Waals surface area (Å²) in [5.41, 5.74) is -7.31. The van der Waals surface area contributed by atoms with Crippen LogP contribution in [0.2, 0.25) is 0 Å². The number of sulfonamides is 1. The maximum atomic E-state index is 14.9. The number of primary sulfonamides is 1. The number of hydrogen-bond acceptors (Lipinski definition) is 6. The summed E-state index contributed by atoms with van der Waals surface area (Å²) in [6.45, 7) is 0.486. The molecule has 14 heteroatoms. The van der Waals surface area contributed by atoms with E-state index in [-0.39, 0.29) is 10.0 Å². The summed E-state index contributed by atoms with van der Waals surface area (Å²) in [4.78, 5) is 9.83. The molecule has 0 aliphatic rings. The van der Waals surface area contributed by atoms with Crippen LogP contribution in [0.25, 0.3) is 0 Å². The van der Waals surface area contributed by atoms with E-state index >= 15 is 0 Å². The zero-order valence-electron chi connectivity index (χ0n) is 17.0.